The number of aromatic nitrogens is 5. The predicted molar refractivity (Wildman–Crippen MR) is 280 cm³/mol. The first-order valence-corrected chi connectivity index (χ1v) is 26.7. The van der Waals surface area contributed by atoms with Crippen LogP contribution < -0.4 is 20.1 Å². The first-order valence-electron chi connectivity index (χ1n) is 26.7. The quantitative estimate of drug-likeness (QED) is 0.0961. The molecule has 0 bridgehead atoms. The molecule has 4 N–H and O–H groups in total. The van der Waals surface area contributed by atoms with Crippen molar-refractivity contribution in [3.8, 4) is 45.3 Å². The number of alkyl carbamates (subject to hydrolysis) is 2. The summed E-state index contributed by atoms with van der Waals surface area (Å²) in [5.74, 6) is 1.18. The van der Waals surface area contributed by atoms with Crippen LogP contribution in [-0.4, -0.2) is 116 Å². The molecule has 400 valence electrons. The lowest BCUT2D eigenvalue weighted by Gasteiger charge is -2.38. The lowest BCUT2D eigenvalue weighted by Crippen LogP contribution is -2.54. The molecule has 3 fully saturated rings. The molecule has 76 heavy (non-hydrogen) atoms. The molecule has 5 unspecified atom stereocenters. The Morgan fingerprint density at radius 1 is 0.737 bits per heavy atom. The molecule has 4 amide bonds. The third-order valence-electron chi connectivity index (χ3n) is 16.0. The van der Waals surface area contributed by atoms with Crippen LogP contribution in [0.4, 0.5) is 14.0 Å². The standard InChI is InChI=1S/C57H66FN9O9/c1-29(2)49(63-56(70)72-6)53(68)65-18-8-10-43(65)52-60-28-41(62-52)36-23-39(58)48-45-24-37-22-34(16-17-42(37)67(45)55(76-47(48)26-36)35-15-14-33-13-12-30(3)75-46(33)25-35)40-27-59-51(61-40)44-11-9-19-66(44)54(69)50(64-57(71)73-7)38-20-31(4)74-32(5)21-38/h14-17,22-32,38,43-44,49-50,55H,8-13,18-21H2,1-7H3,(H,59,61)(H,60,62)(H,63,70)(H,64,71)/t30?,31-,32+,38?,43-,44-,49?,50?,55?/m0/s1. The molecule has 0 aliphatic carbocycles. The van der Waals surface area contributed by atoms with Gasteiger partial charge in [0.05, 0.1) is 85.2 Å². The number of benzene rings is 3. The van der Waals surface area contributed by atoms with E-state index < -0.39 is 36.3 Å². The van der Waals surface area contributed by atoms with E-state index in [4.69, 9.17) is 33.7 Å². The van der Waals surface area contributed by atoms with Gasteiger partial charge >= 0.3 is 12.2 Å². The SMILES string of the molecule is COC(=O)NC(C(=O)N1CCC[C@H]1c1ncc(-c2cc(F)c3c(c2)OC(c2ccc4c(c2)OC(C)CC4)n2c-3cc3cc(-c4cnc([C@@H]5CCCN5C(=O)C(NC(=O)OC)C5C[C@@H](C)O[C@@H](C)C5)[nH]4)ccc32)[nH]1)C(C)C. The van der Waals surface area contributed by atoms with Crippen molar-refractivity contribution in [2.24, 2.45) is 11.8 Å². The number of H-pyrrole nitrogens is 2. The molecule has 9 atom stereocenters. The molecule has 3 saturated heterocycles. The second-order valence-electron chi connectivity index (χ2n) is 21.5. The van der Waals surface area contributed by atoms with Crippen LogP contribution in [0.1, 0.15) is 121 Å². The smallest absolute Gasteiger partial charge is 0.407 e. The van der Waals surface area contributed by atoms with Crippen LogP contribution in [0, 0.1) is 17.7 Å². The van der Waals surface area contributed by atoms with Crippen molar-refractivity contribution in [1.29, 1.82) is 0 Å². The summed E-state index contributed by atoms with van der Waals surface area (Å²) in [6.45, 7) is 10.8. The summed E-state index contributed by atoms with van der Waals surface area (Å²) in [6, 6.07) is 15.3. The number of fused-ring (bicyclic) bond motifs is 6. The molecule has 8 heterocycles. The number of hydrogen-bond acceptors (Lipinski definition) is 11. The molecule has 5 aliphatic heterocycles. The number of nitrogens with one attached hydrogen (secondary N) is 4. The van der Waals surface area contributed by atoms with Gasteiger partial charge in [0.1, 0.15) is 41.0 Å². The Hall–Kier alpha value is -7.41. The van der Waals surface area contributed by atoms with Gasteiger partial charge in [-0.2, -0.15) is 0 Å². The van der Waals surface area contributed by atoms with Crippen molar-refractivity contribution >= 4 is 34.9 Å². The topological polar surface area (TPSA) is 207 Å². The Kier molecular flexibility index (Phi) is 13.8. The van der Waals surface area contributed by atoms with Crippen LogP contribution in [0.3, 0.4) is 0 Å². The van der Waals surface area contributed by atoms with Gasteiger partial charge in [0.25, 0.3) is 0 Å². The van der Waals surface area contributed by atoms with Crippen molar-refractivity contribution in [1.82, 2.24) is 44.9 Å². The number of carbonyl (C=O) groups is 4. The summed E-state index contributed by atoms with van der Waals surface area (Å²) in [5, 5.41) is 6.41. The largest absolute Gasteiger partial charge is 0.490 e. The third-order valence-corrected chi connectivity index (χ3v) is 16.0. The Bertz CT molecular complexity index is 3190. The fraction of sp³-hybridized carbons (Fsp3) is 0.474. The minimum atomic E-state index is -0.783. The fourth-order valence-corrected chi connectivity index (χ4v) is 12.3. The number of hydrogen-bond donors (Lipinski definition) is 4. The molecule has 18 nitrogen and oxygen atoms in total. The molecule has 5 aliphatic rings. The fourth-order valence-electron chi connectivity index (χ4n) is 12.3. The lowest BCUT2D eigenvalue weighted by molar-refractivity contribution is -0.138. The Labute approximate surface area is 440 Å². The van der Waals surface area contributed by atoms with Crippen LogP contribution in [0.2, 0.25) is 0 Å². The molecule has 0 radical (unpaired) electrons. The number of aryl methyl sites for hydroxylation is 1. The molecule has 0 spiro atoms. The van der Waals surface area contributed by atoms with Gasteiger partial charge in [-0.1, -0.05) is 32.0 Å². The molecular weight excluding hydrogens is 974 g/mol. The van der Waals surface area contributed by atoms with Gasteiger partial charge in [0.2, 0.25) is 18.0 Å². The van der Waals surface area contributed by atoms with Gasteiger partial charge in [-0.05, 0) is 126 Å². The van der Waals surface area contributed by atoms with Crippen molar-refractivity contribution in [3.05, 3.63) is 95.6 Å². The van der Waals surface area contributed by atoms with Gasteiger partial charge in [-0.25, -0.2) is 23.9 Å². The van der Waals surface area contributed by atoms with E-state index in [2.05, 4.69) is 45.7 Å². The number of carbonyl (C=O) groups excluding carboxylic acids is 4. The zero-order valence-electron chi connectivity index (χ0n) is 44.0. The Morgan fingerprint density at radius 2 is 1.39 bits per heavy atom. The van der Waals surface area contributed by atoms with Crippen molar-refractivity contribution < 1.29 is 47.3 Å². The van der Waals surface area contributed by atoms with Crippen molar-refractivity contribution in [2.45, 2.75) is 135 Å². The highest BCUT2D eigenvalue weighted by molar-refractivity contribution is 5.93. The molecule has 3 aromatic carbocycles. The highest BCUT2D eigenvalue weighted by Gasteiger charge is 2.43. The molecule has 0 saturated carbocycles. The number of ether oxygens (including phenoxy) is 5. The number of nitrogens with zero attached hydrogens (tertiary/aromatic N) is 5. The van der Waals surface area contributed by atoms with E-state index in [0.717, 1.165) is 64.7 Å². The lowest BCUT2D eigenvalue weighted by atomic mass is 9.85. The van der Waals surface area contributed by atoms with Gasteiger partial charge in [0.15, 0.2) is 0 Å². The van der Waals surface area contributed by atoms with Crippen LogP contribution in [0.15, 0.2) is 67.0 Å². The average molecular weight is 1040 g/mol. The number of methoxy groups -OCH3 is 2. The third kappa shape index (κ3) is 9.51. The highest BCUT2D eigenvalue weighted by atomic mass is 19.1. The van der Waals surface area contributed by atoms with Crippen molar-refractivity contribution in [2.75, 3.05) is 27.3 Å². The first-order chi connectivity index (χ1) is 36.7. The van der Waals surface area contributed by atoms with E-state index in [1.54, 1.807) is 17.3 Å². The number of aromatic amines is 2. The zero-order valence-corrected chi connectivity index (χ0v) is 44.0. The normalized spacial score (nSPS) is 23.7. The van der Waals surface area contributed by atoms with E-state index in [1.807, 2.05) is 67.5 Å². The average Bonchev–Trinajstić information content (AvgIpc) is 4.34. The minimum Gasteiger partial charge on any atom is -0.490 e. The van der Waals surface area contributed by atoms with Crippen molar-refractivity contribution in [3.63, 3.8) is 0 Å². The van der Waals surface area contributed by atoms with Gasteiger partial charge in [-0.3, -0.25) is 9.59 Å². The Morgan fingerprint density at radius 3 is 2.07 bits per heavy atom. The van der Waals surface area contributed by atoms with E-state index in [0.29, 0.717) is 78.7 Å². The summed E-state index contributed by atoms with van der Waals surface area (Å²) in [4.78, 5) is 73.3. The summed E-state index contributed by atoms with van der Waals surface area (Å²) >= 11 is 0. The van der Waals surface area contributed by atoms with Gasteiger partial charge in [-0.15, -0.1) is 0 Å². The zero-order chi connectivity index (χ0) is 53.1. The van der Waals surface area contributed by atoms with Crippen LogP contribution >= 0.6 is 0 Å². The molecule has 19 heteroatoms. The number of rotatable bonds is 11. The molecule has 11 rings (SSSR count). The summed E-state index contributed by atoms with van der Waals surface area (Å²) in [7, 11) is 2.57. The Balaban J connectivity index is 0.913. The van der Waals surface area contributed by atoms with Crippen LogP contribution in [-0.2, 0) is 30.2 Å². The number of amides is 4. The second-order valence-corrected chi connectivity index (χ2v) is 21.5. The molecule has 6 aromatic rings. The van der Waals surface area contributed by atoms with Crippen LogP contribution in [0.25, 0.3) is 44.7 Å². The number of likely N-dealkylation sites (tertiary alicyclic amines) is 2. The van der Waals surface area contributed by atoms with Gasteiger partial charge in [0, 0.05) is 35.2 Å². The summed E-state index contributed by atoms with van der Waals surface area (Å²) in [5.41, 5.74) is 6.41. The maximum Gasteiger partial charge on any atom is 0.407 e. The predicted octanol–water partition coefficient (Wildman–Crippen LogP) is 9.52. The molecule has 3 aromatic heterocycles. The maximum atomic E-state index is 17.1. The molecular formula is C57H66FN9O9. The van der Waals surface area contributed by atoms with Gasteiger partial charge < -0.3 is 58.7 Å². The monoisotopic (exact) mass is 1040 g/mol. The summed E-state index contributed by atoms with van der Waals surface area (Å²) in [6.07, 6.45) is 7.32. The van der Waals surface area contributed by atoms with E-state index in [1.165, 1.54) is 20.3 Å². The van der Waals surface area contributed by atoms with E-state index in [-0.39, 0.29) is 54.0 Å². The first kappa shape index (κ1) is 50.7. The minimum absolute atomic E-state index is 0.0568. The van der Waals surface area contributed by atoms with E-state index >= 15 is 4.39 Å². The number of halogens is 1. The summed E-state index contributed by atoms with van der Waals surface area (Å²) < 4.78 is 48.2. The highest BCUT2D eigenvalue weighted by Crippen LogP contribution is 2.48. The van der Waals surface area contributed by atoms with Crippen LogP contribution in [0.5, 0.6) is 11.5 Å². The van der Waals surface area contributed by atoms with E-state index in [9.17, 15) is 19.2 Å². The maximum absolute atomic E-state index is 17.1. The number of imidazole rings is 2. The second kappa shape index (κ2) is 20.6.